The molecule has 1 fully saturated rings. The molecule has 0 unspecified atom stereocenters. The van der Waals surface area contributed by atoms with Gasteiger partial charge in [-0.15, -0.1) is 0 Å². The van der Waals surface area contributed by atoms with E-state index in [1.165, 1.54) is 0 Å². The lowest BCUT2D eigenvalue weighted by Gasteiger charge is -2.38. The Morgan fingerprint density at radius 3 is 1.79 bits per heavy atom. The quantitative estimate of drug-likeness (QED) is 0.421. The molecule has 1 heterocycles. The van der Waals surface area contributed by atoms with Gasteiger partial charge in [0.25, 0.3) is 5.91 Å². The third-order valence-corrected chi connectivity index (χ3v) is 6.58. The van der Waals surface area contributed by atoms with Gasteiger partial charge in [0.15, 0.2) is 0 Å². The molecule has 2 aromatic rings. The fraction of sp³-hybridized carbons (Fsp3) is 0.400. The van der Waals surface area contributed by atoms with Gasteiger partial charge in [-0.3, -0.25) is 14.6 Å². The molecule has 4 rings (SSSR count). The second-order valence-corrected chi connectivity index (χ2v) is 9.31. The van der Waals surface area contributed by atoms with Gasteiger partial charge in [0.2, 0.25) is 5.91 Å². The summed E-state index contributed by atoms with van der Waals surface area (Å²) in [6, 6.07) is 4.31. The molecule has 2 aromatic carbocycles. The van der Waals surface area contributed by atoms with Crippen LogP contribution in [0.2, 0.25) is 0 Å². The van der Waals surface area contributed by atoms with Crippen LogP contribution in [-0.4, -0.2) is 34.6 Å². The molecule has 210 valence electrons. The molecule has 1 aliphatic heterocycles. The first-order valence-corrected chi connectivity index (χ1v) is 11.7. The highest BCUT2D eigenvalue weighted by Gasteiger charge is 2.48. The van der Waals surface area contributed by atoms with Crippen molar-refractivity contribution in [3.05, 3.63) is 64.7 Å². The van der Waals surface area contributed by atoms with Gasteiger partial charge in [0.05, 0.1) is 16.7 Å². The largest absolute Gasteiger partial charge is 0.416 e. The van der Waals surface area contributed by atoms with Crippen LogP contribution in [0, 0.1) is 0 Å². The Labute approximate surface area is 215 Å². The second-order valence-electron chi connectivity index (χ2n) is 9.31. The minimum atomic E-state index is -5.12. The number of hydrogen-bond acceptors (Lipinski definition) is 3. The Hall–Kier alpha value is -3.58. The fourth-order valence-corrected chi connectivity index (χ4v) is 4.73. The lowest BCUT2D eigenvalue weighted by atomic mass is 9.88. The zero-order valence-corrected chi connectivity index (χ0v) is 19.9. The smallest absolute Gasteiger partial charge is 0.325 e. The number of alkyl halides is 9. The molecule has 1 saturated carbocycles. The number of carbonyl (C=O) groups is 2. The molecule has 1 spiro atoms. The van der Waals surface area contributed by atoms with Crippen LogP contribution in [0.3, 0.4) is 0 Å². The van der Waals surface area contributed by atoms with Crippen LogP contribution >= 0.6 is 0 Å². The number of nitrogens with zero attached hydrogens (tertiary/aromatic N) is 2. The van der Waals surface area contributed by atoms with Crippen molar-refractivity contribution in [1.82, 2.24) is 4.90 Å². The van der Waals surface area contributed by atoms with Gasteiger partial charge in [0, 0.05) is 11.3 Å². The average Bonchev–Trinajstić information content (AvgIpc) is 3.08. The zero-order chi connectivity index (χ0) is 28.8. The van der Waals surface area contributed by atoms with Gasteiger partial charge in [-0.25, -0.2) is 0 Å². The number of hydrogen-bond donors (Lipinski definition) is 1. The van der Waals surface area contributed by atoms with Crippen molar-refractivity contribution in [3.8, 4) is 0 Å². The van der Waals surface area contributed by atoms with Crippen LogP contribution in [0.15, 0.2) is 47.5 Å². The van der Waals surface area contributed by atoms with Crippen molar-refractivity contribution in [3.63, 3.8) is 0 Å². The molecule has 1 aliphatic carbocycles. The third-order valence-electron chi connectivity index (χ3n) is 6.58. The van der Waals surface area contributed by atoms with Gasteiger partial charge in [-0.05, 0) is 56.0 Å². The summed E-state index contributed by atoms with van der Waals surface area (Å²) in [6.07, 6.45) is -12.2. The number of rotatable bonds is 4. The maximum absolute atomic E-state index is 13.3. The zero-order valence-electron chi connectivity index (χ0n) is 19.9. The van der Waals surface area contributed by atoms with Crippen molar-refractivity contribution in [2.24, 2.45) is 4.99 Å². The Balaban J connectivity index is 1.61. The van der Waals surface area contributed by atoms with Gasteiger partial charge in [0.1, 0.15) is 17.9 Å². The van der Waals surface area contributed by atoms with Crippen molar-refractivity contribution in [2.45, 2.75) is 56.3 Å². The summed E-state index contributed by atoms with van der Waals surface area (Å²) in [6.45, 7) is -0.746. The molecule has 0 aromatic heterocycles. The van der Waals surface area contributed by atoms with Crippen LogP contribution in [-0.2, 0) is 28.1 Å². The van der Waals surface area contributed by atoms with Gasteiger partial charge >= 0.3 is 18.5 Å². The van der Waals surface area contributed by atoms with Crippen molar-refractivity contribution in [1.29, 1.82) is 0 Å². The molecule has 0 saturated heterocycles. The summed E-state index contributed by atoms with van der Waals surface area (Å²) < 4.78 is 118. The summed E-state index contributed by atoms with van der Waals surface area (Å²) in [5.41, 5.74) is -6.28. The minimum Gasteiger partial charge on any atom is -0.325 e. The SMILES string of the molecule is O=C(CN1C(=O)C(c2ccc(C(F)(F)F)cc2)=NC12CCCCC2)Nc1cc(C(F)(F)F)cc(C(F)(F)F)c1. The van der Waals surface area contributed by atoms with E-state index in [4.69, 9.17) is 0 Å². The first-order chi connectivity index (χ1) is 18.0. The number of aliphatic imine (C=N–C) groups is 1. The lowest BCUT2D eigenvalue weighted by Crippen LogP contribution is -2.51. The summed E-state index contributed by atoms with van der Waals surface area (Å²) in [4.78, 5) is 31.7. The number of halogens is 9. The highest BCUT2D eigenvalue weighted by molar-refractivity contribution is 6.47. The van der Waals surface area contributed by atoms with E-state index in [1.807, 2.05) is 5.32 Å². The van der Waals surface area contributed by atoms with E-state index in [0.717, 1.165) is 35.6 Å². The Morgan fingerprint density at radius 1 is 0.795 bits per heavy atom. The van der Waals surface area contributed by atoms with Crippen molar-refractivity contribution in [2.75, 3.05) is 11.9 Å². The van der Waals surface area contributed by atoms with Crippen molar-refractivity contribution >= 4 is 23.2 Å². The maximum Gasteiger partial charge on any atom is 0.416 e. The monoisotopic (exact) mass is 565 g/mol. The molecule has 39 heavy (non-hydrogen) atoms. The molecule has 14 heteroatoms. The van der Waals surface area contributed by atoms with E-state index >= 15 is 0 Å². The highest BCUT2D eigenvalue weighted by atomic mass is 19.4. The van der Waals surface area contributed by atoms with Crippen LogP contribution < -0.4 is 5.32 Å². The topological polar surface area (TPSA) is 61.8 Å². The van der Waals surface area contributed by atoms with Crippen LogP contribution in [0.1, 0.15) is 54.4 Å². The molecule has 0 bridgehead atoms. The fourth-order valence-electron chi connectivity index (χ4n) is 4.73. The van der Waals surface area contributed by atoms with Gasteiger partial charge < -0.3 is 10.2 Å². The van der Waals surface area contributed by atoms with Gasteiger partial charge in [-0.2, -0.15) is 39.5 Å². The molecule has 2 aliphatic rings. The second kappa shape index (κ2) is 9.87. The summed E-state index contributed by atoms with van der Waals surface area (Å²) in [7, 11) is 0. The van der Waals surface area contributed by atoms with Crippen LogP contribution in [0.4, 0.5) is 45.2 Å². The number of amides is 2. The normalized spacial score (nSPS) is 17.9. The number of nitrogens with one attached hydrogen (secondary N) is 1. The average molecular weight is 565 g/mol. The predicted molar refractivity (Wildman–Crippen MR) is 121 cm³/mol. The number of anilines is 1. The molecule has 0 atom stereocenters. The summed E-state index contributed by atoms with van der Waals surface area (Å²) in [5, 5.41) is 2.01. The van der Waals surface area contributed by atoms with Crippen LogP contribution in [0.5, 0.6) is 0 Å². The Bertz CT molecular complexity index is 1260. The van der Waals surface area contributed by atoms with E-state index in [9.17, 15) is 49.1 Å². The number of benzene rings is 2. The number of carbonyl (C=O) groups excluding carboxylic acids is 2. The molecule has 2 amide bonds. The van der Waals surface area contributed by atoms with Crippen molar-refractivity contribution < 1.29 is 49.1 Å². The Morgan fingerprint density at radius 2 is 1.31 bits per heavy atom. The molecule has 1 N–H and O–H groups in total. The highest BCUT2D eigenvalue weighted by Crippen LogP contribution is 2.41. The minimum absolute atomic E-state index is 0.0774. The first kappa shape index (κ1) is 28.4. The maximum atomic E-state index is 13.3. The predicted octanol–water partition coefficient (Wildman–Crippen LogP) is 6.67. The molecular weight excluding hydrogens is 545 g/mol. The van der Waals surface area contributed by atoms with Gasteiger partial charge in [-0.1, -0.05) is 18.6 Å². The molecule has 5 nitrogen and oxygen atoms in total. The van der Waals surface area contributed by atoms with E-state index in [2.05, 4.69) is 4.99 Å². The molecule has 0 radical (unpaired) electrons. The van der Waals surface area contributed by atoms with E-state index in [-0.39, 0.29) is 17.3 Å². The third kappa shape index (κ3) is 6.04. The summed E-state index contributed by atoms with van der Waals surface area (Å²) >= 11 is 0. The first-order valence-electron chi connectivity index (χ1n) is 11.7. The molecular formula is C25H20F9N3O2. The van der Waals surface area contributed by atoms with E-state index in [0.29, 0.717) is 37.8 Å². The van der Waals surface area contributed by atoms with Crippen LogP contribution in [0.25, 0.3) is 0 Å². The van der Waals surface area contributed by atoms with E-state index in [1.54, 1.807) is 0 Å². The Kier molecular flexibility index (Phi) is 7.19. The summed E-state index contributed by atoms with van der Waals surface area (Å²) in [5.74, 6) is -1.85. The van der Waals surface area contributed by atoms with E-state index < -0.39 is 64.9 Å². The standard InChI is InChI=1S/C25H20F9N3O2/c26-23(27,28)15-6-4-14(5-7-15)20-21(39)37(22(36-20)8-2-1-3-9-22)13-19(38)35-18-11-16(24(29,30)31)10-17(12-18)25(32,33)34/h4-7,10-12H,1-3,8-9,13H2,(H,35,38). The lowest BCUT2D eigenvalue weighted by molar-refractivity contribution is -0.143.